The van der Waals surface area contributed by atoms with Crippen LogP contribution in [0.25, 0.3) is 0 Å². The highest BCUT2D eigenvalue weighted by Crippen LogP contribution is 2.34. The lowest BCUT2D eigenvalue weighted by Gasteiger charge is -2.22. The van der Waals surface area contributed by atoms with Crippen molar-refractivity contribution in [1.29, 1.82) is 0 Å². The van der Waals surface area contributed by atoms with Gasteiger partial charge in [0.15, 0.2) is 0 Å². The lowest BCUT2D eigenvalue weighted by atomic mass is 10.0. The van der Waals surface area contributed by atoms with Gasteiger partial charge in [-0.05, 0) is 13.8 Å². The van der Waals surface area contributed by atoms with Crippen molar-refractivity contribution in [1.82, 2.24) is 5.32 Å². The van der Waals surface area contributed by atoms with Crippen LogP contribution in [0.5, 0.6) is 0 Å². The summed E-state index contributed by atoms with van der Waals surface area (Å²) in [5, 5.41) is 3.34. The summed E-state index contributed by atoms with van der Waals surface area (Å²) in [5.41, 5.74) is -0.166. The molecule has 0 aromatic rings. The van der Waals surface area contributed by atoms with Crippen LogP contribution in [0.4, 0.5) is 0 Å². The van der Waals surface area contributed by atoms with E-state index in [4.69, 9.17) is 9.47 Å². The van der Waals surface area contributed by atoms with E-state index in [1.165, 1.54) is 0 Å². The molecule has 2 fully saturated rings. The number of hydrogen-bond donors (Lipinski definition) is 1. The van der Waals surface area contributed by atoms with Crippen molar-refractivity contribution in [3.05, 3.63) is 0 Å². The van der Waals surface area contributed by atoms with E-state index in [0.717, 1.165) is 19.6 Å². The SMILES string of the molecule is CC1(C)CC2(CO1)NCCO2. The molecule has 1 N–H and O–H groups in total. The maximum Gasteiger partial charge on any atom is 0.145 e. The van der Waals surface area contributed by atoms with Crippen molar-refractivity contribution in [3.8, 4) is 0 Å². The average molecular weight is 157 g/mol. The monoisotopic (exact) mass is 157 g/mol. The van der Waals surface area contributed by atoms with Gasteiger partial charge in [-0.25, -0.2) is 0 Å². The molecule has 0 aliphatic carbocycles. The van der Waals surface area contributed by atoms with Crippen LogP contribution in [0, 0.1) is 0 Å². The van der Waals surface area contributed by atoms with Gasteiger partial charge in [0.25, 0.3) is 0 Å². The molecule has 0 amide bonds. The van der Waals surface area contributed by atoms with Crippen LogP contribution >= 0.6 is 0 Å². The van der Waals surface area contributed by atoms with Gasteiger partial charge in [-0.2, -0.15) is 0 Å². The lowest BCUT2D eigenvalue weighted by molar-refractivity contribution is -0.0223. The number of rotatable bonds is 0. The molecule has 64 valence electrons. The predicted octanol–water partition coefficient (Wildman–Crippen LogP) is 0.501. The van der Waals surface area contributed by atoms with Gasteiger partial charge in [-0.15, -0.1) is 0 Å². The maximum atomic E-state index is 5.60. The Labute approximate surface area is 67.1 Å². The largest absolute Gasteiger partial charge is 0.371 e. The molecule has 2 heterocycles. The van der Waals surface area contributed by atoms with Crippen LogP contribution in [0.15, 0.2) is 0 Å². The number of hydrogen-bond acceptors (Lipinski definition) is 3. The summed E-state index contributed by atoms with van der Waals surface area (Å²) in [4.78, 5) is 0. The van der Waals surface area contributed by atoms with Crippen molar-refractivity contribution in [3.63, 3.8) is 0 Å². The van der Waals surface area contributed by atoms with Crippen molar-refractivity contribution >= 4 is 0 Å². The molecule has 1 atom stereocenters. The molecule has 0 radical (unpaired) electrons. The van der Waals surface area contributed by atoms with Crippen molar-refractivity contribution in [2.45, 2.75) is 31.6 Å². The van der Waals surface area contributed by atoms with E-state index in [2.05, 4.69) is 19.2 Å². The molecule has 1 unspecified atom stereocenters. The first kappa shape index (κ1) is 7.53. The highest BCUT2D eigenvalue weighted by molar-refractivity contribution is 4.95. The fraction of sp³-hybridized carbons (Fsp3) is 1.00. The molecule has 0 bridgehead atoms. The summed E-state index contributed by atoms with van der Waals surface area (Å²) in [7, 11) is 0. The lowest BCUT2D eigenvalue weighted by Crippen LogP contribution is -2.42. The zero-order valence-electron chi connectivity index (χ0n) is 7.14. The van der Waals surface area contributed by atoms with Crippen molar-refractivity contribution in [2.24, 2.45) is 0 Å². The minimum absolute atomic E-state index is 0.0165. The third-order valence-corrected chi connectivity index (χ3v) is 2.33. The Morgan fingerprint density at radius 2 is 2.09 bits per heavy atom. The van der Waals surface area contributed by atoms with Crippen LogP contribution in [-0.2, 0) is 9.47 Å². The van der Waals surface area contributed by atoms with Gasteiger partial charge in [0.2, 0.25) is 0 Å². The molecule has 0 aromatic heterocycles. The molecule has 2 aliphatic heterocycles. The molecule has 11 heavy (non-hydrogen) atoms. The molecular weight excluding hydrogens is 142 g/mol. The summed E-state index contributed by atoms with van der Waals surface area (Å²) >= 11 is 0. The van der Waals surface area contributed by atoms with Gasteiger partial charge in [0.1, 0.15) is 5.72 Å². The third-order valence-electron chi connectivity index (χ3n) is 2.33. The highest BCUT2D eigenvalue weighted by Gasteiger charge is 2.47. The first-order valence-corrected chi connectivity index (χ1v) is 4.15. The first-order chi connectivity index (χ1) is 5.12. The fourth-order valence-electron chi connectivity index (χ4n) is 1.88. The minimum atomic E-state index is -0.149. The standard InChI is InChI=1S/C8H15NO2/c1-7(2)5-8(6-11-7)9-3-4-10-8/h9H,3-6H2,1-2H3. The maximum absolute atomic E-state index is 5.60. The summed E-state index contributed by atoms with van der Waals surface area (Å²) in [6.07, 6.45) is 0.958. The summed E-state index contributed by atoms with van der Waals surface area (Å²) < 4.78 is 11.2. The topological polar surface area (TPSA) is 30.5 Å². The zero-order chi connectivity index (χ0) is 7.95. The molecule has 1 spiro atoms. The Balaban J connectivity index is 2.07. The Morgan fingerprint density at radius 3 is 2.55 bits per heavy atom. The molecule has 2 aliphatic rings. The van der Waals surface area contributed by atoms with Crippen LogP contribution in [0.3, 0.4) is 0 Å². The smallest absolute Gasteiger partial charge is 0.145 e. The van der Waals surface area contributed by atoms with E-state index in [1.54, 1.807) is 0 Å². The average Bonchev–Trinajstić information content (AvgIpc) is 2.43. The van der Waals surface area contributed by atoms with E-state index in [0.29, 0.717) is 6.61 Å². The van der Waals surface area contributed by atoms with Gasteiger partial charge in [0.05, 0.1) is 18.8 Å². The van der Waals surface area contributed by atoms with Gasteiger partial charge in [-0.1, -0.05) is 0 Å². The first-order valence-electron chi connectivity index (χ1n) is 4.15. The Morgan fingerprint density at radius 1 is 1.27 bits per heavy atom. The van der Waals surface area contributed by atoms with E-state index in [-0.39, 0.29) is 11.3 Å². The van der Waals surface area contributed by atoms with E-state index in [1.807, 2.05) is 0 Å². The normalized spacial score (nSPS) is 42.0. The second-order valence-corrected chi connectivity index (χ2v) is 3.99. The zero-order valence-corrected chi connectivity index (χ0v) is 7.14. The Hall–Kier alpha value is -0.120. The van der Waals surface area contributed by atoms with Gasteiger partial charge in [-0.3, -0.25) is 5.32 Å². The molecular formula is C8H15NO2. The van der Waals surface area contributed by atoms with E-state index in [9.17, 15) is 0 Å². The molecule has 0 aromatic carbocycles. The van der Waals surface area contributed by atoms with Crippen LogP contribution < -0.4 is 5.32 Å². The van der Waals surface area contributed by atoms with Crippen molar-refractivity contribution in [2.75, 3.05) is 19.8 Å². The molecule has 3 nitrogen and oxygen atoms in total. The number of ether oxygens (including phenoxy) is 2. The van der Waals surface area contributed by atoms with Gasteiger partial charge >= 0.3 is 0 Å². The summed E-state index contributed by atoms with van der Waals surface area (Å²) in [6.45, 7) is 6.68. The van der Waals surface area contributed by atoms with Gasteiger partial charge < -0.3 is 9.47 Å². The second kappa shape index (κ2) is 2.19. The Kier molecular flexibility index (Phi) is 1.50. The molecule has 0 saturated carbocycles. The fourth-order valence-corrected chi connectivity index (χ4v) is 1.88. The van der Waals surface area contributed by atoms with Crippen LogP contribution in [0.2, 0.25) is 0 Å². The molecule has 2 rings (SSSR count). The summed E-state index contributed by atoms with van der Waals surface area (Å²) in [6, 6.07) is 0. The van der Waals surface area contributed by atoms with Crippen LogP contribution in [0.1, 0.15) is 20.3 Å². The predicted molar refractivity (Wildman–Crippen MR) is 41.3 cm³/mol. The third kappa shape index (κ3) is 1.28. The van der Waals surface area contributed by atoms with Crippen molar-refractivity contribution < 1.29 is 9.47 Å². The molecule has 3 heteroatoms. The molecule has 2 saturated heterocycles. The second-order valence-electron chi connectivity index (χ2n) is 3.99. The number of nitrogens with one attached hydrogen (secondary N) is 1. The van der Waals surface area contributed by atoms with E-state index < -0.39 is 0 Å². The van der Waals surface area contributed by atoms with Crippen LogP contribution in [-0.4, -0.2) is 31.1 Å². The van der Waals surface area contributed by atoms with E-state index >= 15 is 0 Å². The quantitative estimate of drug-likeness (QED) is 0.555. The minimum Gasteiger partial charge on any atom is -0.371 e. The summed E-state index contributed by atoms with van der Waals surface area (Å²) in [5.74, 6) is 0. The van der Waals surface area contributed by atoms with Gasteiger partial charge in [0, 0.05) is 13.0 Å². The Bertz CT molecular complexity index is 161. The highest BCUT2D eigenvalue weighted by atomic mass is 16.6.